The fourth-order valence-corrected chi connectivity index (χ4v) is 2.44. The molecule has 106 valence electrons. The van der Waals surface area contributed by atoms with Crippen molar-refractivity contribution < 1.29 is 14.6 Å². The van der Waals surface area contributed by atoms with Gasteiger partial charge in [0.25, 0.3) is 0 Å². The van der Waals surface area contributed by atoms with Gasteiger partial charge in [-0.05, 0) is 43.7 Å². The van der Waals surface area contributed by atoms with Crippen LogP contribution in [0, 0.1) is 13.8 Å². The molecule has 1 aromatic heterocycles. The van der Waals surface area contributed by atoms with E-state index in [4.69, 9.17) is 4.74 Å². The third-order valence-electron chi connectivity index (χ3n) is 3.48. The molecule has 0 fully saturated rings. The Morgan fingerprint density at radius 3 is 2.20 bits per heavy atom. The second kappa shape index (κ2) is 5.82. The summed E-state index contributed by atoms with van der Waals surface area (Å²) in [5, 5.41) is 9.32. The molecule has 20 heavy (non-hydrogen) atoms. The van der Waals surface area contributed by atoms with E-state index in [0.717, 1.165) is 17.0 Å². The van der Waals surface area contributed by atoms with Crippen LogP contribution >= 0.6 is 0 Å². The Balaban J connectivity index is 2.34. The number of carbonyl (C=O) groups is 1. The number of esters is 1. The molecule has 0 aliphatic rings. The quantitative estimate of drug-likeness (QED) is 0.871. The number of hydrogen-bond donors (Lipinski definition) is 1. The molecule has 2 aromatic rings. The van der Waals surface area contributed by atoms with Gasteiger partial charge >= 0.3 is 5.97 Å². The molecular weight excluding hydrogens is 254 g/mol. The fourth-order valence-electron chi connectivity index (χ4n) is 2.44. The van der Waals surface area contributed by atoms with Gasteiger partial charge in [0, 0.05) is 17.8 Å². The zero-order chi connectivity index (χ0) is 14.7. The molecule has 0 spiro atoms. The molecule has 4 heteroatoms. The second-order valence-electron chi connectivity index (χ2n) is 4.90. The van der Waals surface area contributed by atoms with Gasteiger partial charge in [-0.25, -0.2) is 4.79 Å². The van der Waals surface area contributed by atoms with Gasteiger partial charge in [0.2, 0.25) is 0 Å². The Labute approximate surface area is 118 Å². The molecule has 0 amide bonds. The molecule has 0 aliphatic carbocycles. The Bertz CT molecular complexity index is 579. The lowest BCUT2D eigenvalue weighted by Crippen LogP contribution is -2.24. The van der Waals surface area contributed by atoms with E-state index < -0.39 is 0 Å². The first kappa shape index (κ1) is 14.2. The highest BCUT2D eigenvalue weighted by Crippen LogP contribution is 2.22. The van der Waals surface area contributed by atoms with Crippen LogP contribution in [0.5, 0.6) is 5.75 Å². The maximum Gasteiger partial charge on any atom is 0.329 e. The van der Waals surface area contributed by atoms with Crippen molar-refractivity contribution >= 4 is 5.97 Å². The predicted molar refractivity (Wildman–Crippen MR) is 76.8 cm³/mol. The second-order valence-corrected chi connectivity index (χ2v) is 4.90. The summed E-state index contributed by atoms with van der Waals surface area (Å²) >= 11 is 0. The molecule has 2 rings (SSSR count). The van der Waals surface area contributed by atoms with Crippen molar-refractivity contribution in [3.63, 3.8) is 0 Å². The van der Waals surface area contributed by atoms with Crippen LogP contribution in [-0.2, 0) is 16.0 Å². The molecular formula is C16H19NO3. The van der Waals surface area contributed by atoms with E-state index in [0.29, 0.717) is 6.42 Å². The highest BCUT2D eigenvalue weighted by atomic mass is 16.5. The van der Waals surface area contributed by atoms with Gasteiger partial charge in [-0.15, -0.1) is 0 Å². The lowest BCUT2D eigenvalue weighted by molar-refractivity contribution is -0.144. The SMILES string of the molecule is COC(=O)[C@H](Cc1ccc(O)cc1)n1c(C)ccc1C. The molecule has 0 unspecified atom stereocenters. The number of nitrogens with zero attached hydrogens (tertiary/aromatic N) is 1. The van der Waals surface area contributed by atoms with Crippen LogP contribution in [0.4, 0.5) is 0 Å². The van der Waals surface area contributed by atoms with E-state index in [1.165, 1.54) is 7.11 Å². The lowest BCUT2D eigenvalue weighted by atomic mass is 10.1. The number of carbonyl (C=O) groups excluding carboxylic acids is 1. The summed E-state index contributed by atoms with van der Waals surface area (Å²) in [6, 6.07) is 10.5. The number of aromatic nitrogens is 1. The fraction of sp³-hybridized carbons (Fsp3) is 0.312. The summed E-state index contributed by atoms with van der Waals surface area (Å²) in [6.45, 7) is 3.94. The zero-order valence-corrected chi connectivity index (χ0v) is 12.0. The maximum atomic E-state index is 12.1. The third-order valence-corrected chi connectivity index (χ3v) is 3.48. The van der Waals surface area contributed by atoms with Crippen LogP contribution in [-0.4, -0.2) is 22.8 Å². The Morgan fingerprint density at radius 1 is 1.15 bits per heavy atom. The van der Waals surface area contributed by atoms with Crippen LogP contribution < -0.4 is 0 Å². The van der Waals surface area contributed by atoms with E-state index in [1.54, 1.807) is 12.1 Å². The Hall–Kier alpha value is -2.23. The number of rotatable bonds is 4. The average molecular weight is 273 g/mol. The van der Waals surface area contributed by atoms with Crippen molar-refractivity contribution in [3.8, 4) is 5.75 Å². The summed E-state index contributed by atoms with van der Waals surface area (Å²) in [5.41, 5.74) is 3.03. The molecule has 0 radical (unpaired) electrons. The molecule has 0 aliphatic heterocycles. The minimum absolute atomic E-state index is 0.219. The Kier molecular flexibility index (Phi) is 4.13. The predicted octanol–water partition coefficient (Wildman–Crippen LogP) is 2.77. The van der Waals surface area contributed by atoms with E-state index in [1.807, 2.05) is 42.7 Å². The van der Waals surface area contributed by atoms with E-state index in [2.05, 4.69) is 0 Å². The van der Waals surface area contributed by atoms with Gasteiger partial charge < -0.3 is 14.4 Å². The average Bonchev–Trinajstić information content (AvgIpc) is 2.77. The highest BCUT2D eigenvalue weighted by molar-refractivity contribution is 5.75. The number of hydrogen-bond acceptors (Lipinski definition) is 3. The summed E-state index contributed by atoms with van der Waals surface area (Å²) in [4.78, 5) is 12.1. The van der Waals surface area contributed by atoms with E-state index >= 15 is 0 Å². The van der Waals surface area contributed by atoms with Gasteiger partial charge in [-0.1, -0.05) is 12.1 Å². The minimum Gasteiger partial charge on any atom is -0.508 e. The van der Waals surface area contributed by atoms with Gasteiger partial charge in [0.15, 0.2) is 0 Å². The van der Waals surface area contributed by atoms with E-state index in [9.17, 15) is 9.90 Å². The van der Waals surface area contributed by atoms with E-state index in [-0.39, 0.29) is 17.8 Å². The molecule has 4 nitrogen and oxygen atoms in total. The Morgan fingerprint density at radius 2 is 1.70 bits per heavy atom. The largest absolute Gasteiger partial charge is 0.508 e. The number of phenolic OH excluding ortho intramolecular Hbond substituents is 1. The minimum atomic E-state index is -0.389. The monoisotopic (exact) mass is 273 g/mol. The number of ether oxygens (including phenoxy) is 1. The van der Waals surface area contributed by atoms with Crippen LogP contribution in [0.3, 0.4) is 0 Å². The van der Waals surface area contributed by atoms with Gasteiger partial charge in [0.05, 0.1) is 7.11 Å². The van der Waals surface area contributed by atoms with Crippen molar-refractivity contribution in [2.45, 2.75) is 26.3 Å². The molecule has 1 N–H and O–H groups in total. The molecule has 1 aromatic carbocycles. The smallest absolute Gasteiger partial charge is 0.329 e. The number of methoxy groups -OCH3 is 1. The lowest BCUT2D eigenvalue weighted by Gasteiger charge is -2.20. The molecule has 1 heterocycles. The third kappa shape index (κ3) is 2.85. The van der Waals surface area contributed by atoms with Crippen LogP contribution in [0.25, 0.3) is 0 Å². The molecule has 1 atom stereocenters. The number of benzene rings is 1. The van der Waals surface area contributed by atoms with Crippen LogP contribution in [0.2, 0.25) is 0 Å². The summed E-state index contributed by atoms with van der Waals surface area (Å²) in [7, 11) is 1.40. The summed E-state index contributed by atoms with van der Waals surface area (Å²) < 4.78 is 6.92. The first-order valence-electron chi connectivity index (χ1n) is 6.53. The first-order valence-corrected chi connectivity index (χ1v) is 6.53. The standard InChI is InChI=1S/C16H19NO3/c1-11-4-5-12(2)17(11)15(16(19)20-3)10-13-6-8-14(18)9-7-13/h4-9,15,18H,10H2,1-3H3/t15-/m0/s1. The highest BCUT2D eigenvalue weighted by Gasteiger charge is 2.23. The van der Waals surface area contributed by atoms with Crippen LogP contribution in [0.1, 0.15) is 23.0 Å². The normalized spacial score (nSPS) is 12.2. The number of phenols is 1. The zero-order valence-electron chi connectivity index (χ0n) is 12.0. The number of aryl methyl sites for hydroxylation is 2. The topological polar surface area (TPSA) is 51.5 Å². The maximum absolute atomic E-state index is 12.1. The van der Waals surface area contributed by atoms with Crippen molar-refractivity contribution in [2.24, 2.45) is 0 Å². The van der Waals surface area contributed by atoms with Crippen molar-refractivity contribution in [1.82, 2.24) is 4.57 Å². The summed E-state index contributed by atoms with van der Waals surface area (Å²) in [5.74, 6) is -0.0443. The van der Waals surface area contributed by atoms with Gasteiger partial charge in [0.1, 0.15) is 11.8 Å². The van der Waals surface area contributed by atoms with Gasteiger partial charge in [-0.3, -0.25) is 0 Å². The summed E-state index contributed by atoms with van der Waals surface area (Å²) in [6.07, 6.45) is 0.531. The van der Waals surface area contributed by atoms with Crippen molar-refractivity contribution in [3.05, 3.63) is 53.3 Å². The molecule has 0 saturated carbocycles. The van der Waals surface area contributed by atoms with Crippen molar-refractivity contribution in [2.75, 3.05) is 7.11 Å². The molecule has 0 bridgehead atoms. The molecule has 0 saturated heterocycles. The van der Waals surface area contributed by atoms with Gasteiger partial charge in [-0.2, -0.15) is 0 Å². The van der Waals surface area contributed by atoms with Crippen LogP contribution in [0.15, 0.2) is 36.4 Å². The first-order chi connectivity index (χ1) is 9.52. The van der Waals surface area contributed by atoms with Crippen molar-refractivity contribution in [1.29, 1.82) is 0 Å². The number of aromatic hydroxyl groups is 1.